The standard InChI is InChI=1S/C30H38N4O2S/c1-6-13-34-26-12-7-22(18-25(26)21(2)20-30(34,3)4)19-27-28(35)32(5)29(37-27)31-23-8-10-24(11-9-23)33-14-16-36-17-15-33/h7-12,18-19,21H,6,13-17,20H2,1-5H3/b27-19+,31-29?. The number of amides is 1. The van der Waals surface area contributed by atoms with Crippen molar-refractivity contribution in [2.75, 3.05) is 49.7 Å². The third-order valence-corrected chi connectivity index (χ3v) is 8.67. The van der Waals surface area contributed by atoms with Crippen molar-refractivity contribution in [1.82, 2.24) is 4.90 Å². The SMILES string of the molecule is CCCN1c2ccc(/C=C3/SC(=Nc4ccc(N5CCOCC5)cc4)N(C)C3=O)cc2C(C)CC1(C)C. The fourth-order valence-electron chi connectivity index (χ4n) is 5.72. The first-order valence-electron chi connectivity index (χ1n) is 13.4. The van der Waals surface area contributed by atoms with Crippen molar-refractivity contribution in [2.45, 2.75) is 52.0 Å². The van der Waals surface area contributed by atoms with Crippen LogP contribution < -0.4 is 9.80 Å². The number of anilines is 2. The van der Waals surface area contributed by atoms with Crippen molar-refractivity contribution >= 4 is 46.0 Å². The number of rotatable bonds is 5. The van der Waals surface area contributed by atoms with E-state index in [-0.39, 0.29) is 11.4 Å². The van der Waals surface area contributed by atoms with Gasteiger partial charge in [-0.25, -0.2) is 4.99 Å². The fourth-order valence-corrected chi connectivity index (χ4v) is 6.71. The Balaban J connectivity index is 1.36. The number of amidine groups is 1. The Bertz CT molecular complexity index is 1210. The molecule has 0 aliphatic carbocycles. The van der Waals surface area contributed by atoms with E-state index < -0.39 is 0 Å². The zero-order chi connectivity index (χ0) is 26.2. The maximum absolute atomic E-state index is 13.1. The van der Waals surface area contributed by atoms with Crippen molar-refractivity contribution in [3.05, 3.63) is 58.5 Å². The van der Waals surface area contributed by atoms with E-state index in [2.05, 4.69) is 67.8 Å². The molecule has 37 heavy (non-hydrogen) atoms. The average molecular weight is 519 g/mol. The second-order valence-electron chi connectivity index (χ2n) is 10.9. The smallest absolute Gasteiger partial charge is 0.266 e. The number of carbonyl (C=O) groups excluding carboxylic acids is 1. The molecule has 5 rings (SSSR count). The predicted octanol–water partition coefficient (Wildman–Crippen LogP) is 6.26. The fraction of sp³-hybridized carbons (Fsp3) is 0.467. The van der Waals surface area contributed by atoms with Crippen LogP contribution in [0.2, 0.25) is 0 Å². The molecular formula is C30H38N4O2S. The van der Waals surface area contributed by atoms with Gasteiger partial charge in [0.2, 0.25) is 0 Å². The molecule has 3 aliphatic heterocycles. The van der Waals surface area contributed by atoms with E-state index in [1.165, 1.54) is 28.7 Å². The van der Waals surface area contributed by atoms with Crippen LogP contribution in [0, 0.1) is 0 Å². The van der Waals surface area contributed by atoms with E-state index >= 15 is 0 Å². The molecule has 0 bridgehead atoms. The molecule has 1 atom stereocenters. The minimum Gasteiger partial charge on any atom is -0.378 e. The summed E-state index contributed by atoms with van der Waals surface area (Å²) in [6, 6.07) is 14.9. The summed E-state index contributed by atoms with van der Waals surface area (Å²) in [6.45, 7) is 13.7. The first kappa shape index (κ1) is 25.9. The first-order chi connectivity index (χ1) is 17.8. The van der Waals surface area contributed by atoms with Gasteiger partial charge in [0.25, 0.3) is 5.91 Å². The number of likely N-dealkylation sites (N-methyl/N-ethyl adjacent to an activating group) is 1. The van der Waals surface area contributed by atoms with Gasteiger partial charge in [-0.1, -0.05) is 19.9 Å². The van der Waals surface area contributed by atoms with Crippen molar-refractivity contribution < 1.29 is 9.53 Å². The minimum absolute atomic E-state index is 0.00630. The normalized spacial score (nSPS) is 23.8. The number of hydrogen-bond acceptors (Lipinski definition) is 6. The van der Waals surface area contributed by atoms with Crippen LogP contribution in [0.4, 0.5) is 17.1 Å². The Morgan fingerprint density at radius 3 is 2.57 bits per heavy atom. The minimum atomic E-state index is -0.00630. The van der Waals surface area contributed by atoms with Crippen LogP contribution in [0.3, 0.4) is 0 Å². The maximum atomic E-state index is 13.1. The first-order valence-corrected chi connectivity index (χ1v) is 14.2. The van der Waals surface area contributed by atoms with E-state index in [1.807, 2.05) is 18.2 Å². The number of morpholine rings is 1. The van der Waals surface area contributed by atoms with E-state index in [9.17, 15) is 4.79 Å². The highest BCUT2D eigenvalue weighted by Gasteiger charge is 2.36. The molecule has 2 aromatic carbocycles. The number of benzene rings is 2. The largest absolute Gasteiger partial charge is 0.378 e. The van der Waals surface area contributed by atoms with E-state index in [1.54, 1.807) is 11.9 Å². The molecule has 0 saturated carbocycles. The Morgan fingerprint density at radius 2 is 1.86 bits per heavy atom. The van der Waals surface area contributed by atoms with Crippen LogP contribution in [-0.4, -0.2) is 61.4 Å². The number of nitrogens with zero attached hydrogens (tertiary/aromatic N) is 4. The summed E-state index contributed by atoms with van der Waals surface area (Å²) in [5.41, 5.74) is 5.95. The molecule has 2 fully saturated rings. The van der Waals surface area contributed by atoms with E-state index in [0.717, 1.165) is 56.9 Å². The van der Waals surface area contributed by atoms with Crippen molar-refractivity contribution in [3.63, 3.8) is 0 Å². The zero-order valence-corrected chi connectivity index (χ0v) is 23.5. The van der Waals surface area contributed by atoms with Crippen LogP contribution in [0.5, 0.6) is 0 Å². The van der Waals surface area contributed by atoms with Gasteiger partial charge in [-0.15, -0.1) is 0 Å². The quantitative estimate of drug-likeness (QED) is 0.437. The van der Waals surface area contributed by atoms with Gasteiger partial charge in [0, 0.05) is 43.6 Å². The van der Waals surface area contributed by atoms with Crippen molar-refractivity contribution in [2.24, 2.45) is 4.99 Å². The molecule has 1 unspecified atom stereocenters. The average Bonchev–Trinajstić information content (AvgIpc) is 3.15. The summed E-state index contributed by atoms with van der Waals surface area (Å²) in [7, 11) is 1.80. The van der Waals surface area contributed by atoms with Gasteiger partial charge in [-0.05, 0) is 98.0 Å². The maximum Gasteiger partial charge on any atom is 0.266 e. The molecular weight excluding hydrogens is 480 g/mol. The summed E-state index contributed by atoms with van der Waals surface area (Å²) < 4.78 is 5.45. The van der Waals surface area contributed by atoms with Crippen molar-refractivity contribution in [3.8, 4) is 0 Å². The topological polar surface area (TPSA) is 48.4 Å². The van der Waals surface area contributed by atoms with Crippen LogP contribution in [0.15, 0.2) is 52.4 Å². The highest BCUT2D eigenvalue weighted by molar-refractivity contribution is 8.18. The van der Waals surface area contributed by atoms with Crippen LogP contribution >= 0.6 is 11.8 Å². The van der Waals surface area contributed by atoms with Gasteiger partial charge < -0.3 is 14.5 Å². The Kier molecular flexibility index (Phi) is 7.37. The lowest BCUT2D eigenvalue weighted by molar-refractivity contribution is -0.121. The highest BCUT2D eigenvalue weighted by atomic mass is 32.2. The summed E-state index contributed by atoms with van der Waals surface area (Å²) in [4.78, 5) is 25.1. The molecule has 0 spiro atoms. The number of thioether (sulfide) groups is 1. The van der Waals surface area contributed by atoms with Gasteiger partial charge in [0.1, 0.15) is 0 Å². The molecule has 6 nitrogen and oxygen atoms in total. The number of carbonyl (C=O) groups is 1. The highest BCUT2D eigenvalue weighted by Crippen LogP contribution is 2.44. The number of ether oxygens (including phenoxy) is 1. The summed E-state index contributed by atoms with van der Waals surface area (Å²) in [6.07, 6.45) is 4.26. The molecule has 3 aliphatic rings. The molecule has 0 N–H and O–H groups in total. The summed E-state index contributed by atoms with van der Waals surface area (Å²) >= 11 is 1.45. The van der Waals surface area contributed by atoms with E-state index in [4.69, 9.17) is 9.73 Å². The van der Waals surface area contributed by atoms with Gasteiger partial charge in [-0.2, -0.15) is 0 Å². The summed E-state index contributed by atoms with van der Waals surface area (Å²) in [5, 5.41) is 0.706. The number of aliphatic imine (C=N–C) groups is 1. The van der Waals surface area contributed by atoms with Crippen molar-refractivity contribution in [1.29, 1.82) is 0 Å². The zero-order valence-electron chi connectivity index (χ0n) is 22.7. The predicted molar refractivity (Wildman–Crippen MR) is 156 cm³/mol. The molecule has 2 aromatic rings. The van der Waals surface area contributed by atoms with E-state index in [0.29, 0.717) is 16.0 Å². The van der Waals surface area contributed by atoms with Crippen LogP contribution in [0.1, 0.15) is 57.6 Å². The van der Waals surface area contributed by atoms with Gasteiger partial charge in [0.15, 0.2) is 5.17 Å². The molecule has 3 heterocycles. The monoisotopic (exact) mass is 518 g/mol. The lowest BCUT2D eigenvalue weighted by Crippen LogP contribution is -2.48. The third kappa shape index (κ3) is 5.30. The number of fused-ring (bicyclic) bond motifs is 1. The summed E-state index contributed by atoms with van der Waals surface area (Å²) in [5.74, 6) is 0.469. The third-order valence-electron chi connectivity index (χ3n) is 7.61. The molecule has 196 valence electrons. The second kappa shape index (κ2) is 10.5. The van der Waals surface area contributed by atoms with Crippen LogP contribution in [0.25, 0.3) is 6.08 Å². The number of hydrogen-bond donors (Lipinski definition) is 0. The lowest BCUT2D eigenvalue weighted by Gasteiger charge is -2.47. The molecule has 7 heteroatoms. The molecule has 1 amide bonds. The lowest BCUT2D eigenvalue weighted by atomic mass is 9.79. The van der Waals surface area contributed by atoms with Gasteiger partial charge in [0.05, 0.1) is 23.8 Å². The molecule has 2 saturated heterocycles. The Hall–Kier alpha value is -2.77. The second-order valence-corrected chi connectivity index (χ2v) is 11.9. The van der Waals surface area contributed by atoms with Gasteiger partial charge in [-0.3, -0.25) is 9.69 Å². The Labute approximate surface area is 225 Å². The molecule has 0 radical (unpaired) electrons. The molecule has 0 aromatic heterocycles. The Morgan fingerprint density at radius 1 is 1.14 bits per heavy atom. The van der Waals surface area contributed by atoms with Crippen LogP contribution in [-0.2, 0) is 9.53 Å². The van der Waals surface area contributed by atoms with Gasteiger partial charge >= 0.3 is 0 Å².